The zero-order valence-corrected chi connectivity index (χ0v) is 17.9. The van der Waals surface area contributed by atoms with Gasteiger partial charge >= 0.3 is 5.97 Å². The molecule has 0 aliphatic carbocycles. The monoisotopic (exact) mass is 444 g/mol. The predicted octanol–water partition coefficient (Wildman–Crippen LogP) is 3.84. The summed E-state index contributed by atoms with van der Waals surface area (Å²) < 4.78 is 11.5. The average Bonchev–Trinajstić information content (AvgIpc) is 2.75. The minimum atomic E-state index is -0.938. The van der Waals surface area contributed by atoms with Gasteiger partial charge in [-0.1, -0.05) is 31.2 Å². The summed E-state index contributed by atoms with van der Waals surface area (Å²) >= 11 is 0. The number of aromatic nitrogens is 2. The number of anilines is 2. The number of nitrogens with two attached hydrogens (primary N) is 2. The quantitative estimate of drug-likeness (QED) is 0.424. The number of aryl methyl sites for hydroxylation is 1. The second kappa shape index (κ2) is 11.0. The minimum absolute atomic E-state index is 0. The molecule has 0 aliphatic rings. The Balaban J connectivity index is 0.00000341. The Kier molecular flexibility index (Phi) is 8.45. The van der Waals surface area contributed by atoms with Gasteiger partial charge in [0, 0.05) is 6.42 Å². The van der Waals surface area contributed by atoms with Gasteiger partial charge < -0.3 is 26.0 Å². The standard InChI is InChI=1S/C22H24N4O4.ClH/c1-2-18-19(20(23)26-22(24)25-18)30-13-3-12-29-17-10-8-15(9-11-17)14-4-6-16(7-5-14)21(27)28;/h4-11H,2-3,12-13H2,1H3,(H,27,28)(H4,23,24,25,26);1H. The second-order valence-electron chi connectivity index (χ2n) is 6.55. The molecule has 8 nitrogen and oxygen atoms in total. The number of carboxylic acids is 1. The van der Waals surface area contributed by atoms with Gasteiger partial charge in [-0.3, -0.25) is 0 Å². The number of ether oxygens (including phenoxy) is 2. The molecule has 1 heterocycles. The van der Waals surface area contributed by atoms with E-state index in [1.807, 2.05) is 31.2 Å². The number of halogens is 1. The molecular weight excluding hydrogens is 420 g/mol. The van der Waals surface area contributed by atoms with E-state index in [2.05, 4.69) is 9.97 Å². The van der Waals surface area contributed by atoms with Gasteiger partial charge in [-0.25, -0.2) is 9.78 Å². The zero-order valence-electron chi connectivity index (χ0n) is 17.1. The molecule has 164 valence electrons. The van der Waals surface area contributed by atoms with Gasteiger partial charge in [0.2, 0.25) is 5.95 Å². The summed E-state index contributed by atoms with van der Waals surface area (Å²) in [6.07, 6.45) is 1.31. The van der Waals surface area contributed by atoms with Gasteiger partial charge in [0.25, 0.3) is 0 Å². The van der Waals surface area contributed by atoms with Crippen LogP contribution in [0.25, 0.3) is 11.1 Å². The van der Waals surface area contributed by atoms with Gasteiger partial charge in [-0.05, 0) is 41.8 Å². The van der Waals surface area contributed by atoms with E-state index in [1.165, 1.54) is 0 Å². The molecule has 2 aromatic carbocycles. The van der Waals surface area contributed by atoms with Crippen LogP contribution in [0.5, 0.6) is 11.5 Å². The third-order valence-electron chi connectivity index (χ3n) is 4.44. The molecule has 0 unspecified atom stereocenters. The lowest BCUT2D eigenvalue weighted by atomic mass is 10.0. The number of carbonyl (C=O) groups is 1. The number of nitrogens with zero attached hydrogens (tertiary/aromatic N) is 2. The summed E-state index contributed by atoms with van der Waals surface area (Å²) in [4.78, 5) is 19.0. The molecule has 0 saturated heterocycles. The predicted molar refractivity (Wildman–Crippen MR) is 122 cm³/mol. The number of benzene rings is 2. The molecule has 5 N–H and O–H groups in total. The van der Waals surface area contributed by atoms with Gasteiger partial charge in [0.05, 0.1) is 24.5 Å². The fourth-order valence-corrected chi connectivity index (χ4v) is 2.90. The van der Waals surface area contributed by atoms with Crippen LogP contribution in [0.3, 0.4) is 0 Å². The van der Waals surface area contributed by atoms with E-state index in [9.17, 15) is 4.79 Å². The van der Waals surface area contributed by atoms with Crippen LogP contribution in [0, 0.1) is 0 Å². The summed E-state index contributed by atoms with van der Waals surface area (Å²) in [5.74, 6) is 0.663. The van der Waals surface area contributed by atoms with Crippen LogP contribution in [0.2, 0.25) is 0 Å². The highest BCUT2D eigenvalue weighted by Crippen LogP contribution is 2.25. The lowest BCUT2D eigenvalue weighted by molar-refractivity contribution is 0.0697. The van der Waals surface area contributed by atoms with Gasteiger partial charge in [-0.2, -0.15) is 4.98 Å². The van der Waals surface area contributed by atoms with E-state index in [0.717, 1.165) is 16.9 Å². The van der Waals surface area contributed by atoms with E-state index in [-0.39, 0.29) is 29.7 Å². The van der Waals surface area contributed by atoms with Gasteiger partial charge in [0.1, 0.15) is 5.75 Å². The first-order chi connectivity index (χ1) is 14.5. The molecule has 0 saturated carbocycles. The molecule has 0 bridgehead atoms. The van der Waals surface area contributed by atoms with Crippen molar-refractivity contribution >= 4 is 30.1 Å². The van der Waals surface area contributed by atoms with Gasteiger partial charge in [-0.15, -0.1) is 12.4 Å². The molecule has 0 aliphatic heterocycles. The highest BCUT2D eigenvalue weighted by Gasteiger charge is 2.11. The van der Waals surface area contributed by atoms with E-state index < -0.39 is 5.97 Å². The lowest BCUT2D eigenvalue weighted by Crippen LogP contribution is -2.11. The summed E-state index contributed by atoms with van der Waals surface area (Å²) in [5.41, 5.74) is 14.4. The average molecular weight is 445 g/mol. The van der Waals surface area contributed by atoms with Crippen molar-refractivity contribution in [1.82, 2.24) is 9.97 Å². The van der Waals surface area contributed by atoms with E-state index >= 15 is 0 Å². The molecule has 0 fully saturated rings. The third-order valence-corrected chi connectivity index (χ3v) is 4.44. The van der Waals surface area contributed by atoms with Gasteiger partial charge in [0.15, 0.2) is 11.6 Å². The first-order valence-corrected chi connectivity index (χ1v) is 9.59. The first-order valence-electron chi connectivity index (χ1n) is 9.59. The smallest absolute Gasteiger partial charge is 0.335 e. The van der Waals surface area contributed by atoms with Crippen molar-refractivity contribution in [1.29, 1.82) is 0 Å². The largest absolute Gasteiger partial charge is 0.493 e. The van der Waals surface area contributed by atoms with Crippen LogP contribution in [0.4, 0.5) is 11.8 Å². The Morgan fingerprint density at radius 1 is 0.935 bits per heavy atom. The van der Waals surface area contributed by atoms with Crippen LogP contribution in [-0.2, 0) is 6.42 Å². The maximum absolute atomic E-state index is 10.9. The number of hydrogen-bond acceptors (Lipinski definition) is 7. The first kappa shape index (κ1) is 23.8. The number of hydrogen-bond donors (Lipinski definition) is 3. The summed E-state index contributed by atoms with van der Waals surface area (Å²) in [5, 5.41) is 8.98. The fourth-order valence-electron chi connectivity index (χ4n) is 2.90. The second-order valence-corrected chi connectivity index (χ2v) is 6.55. The number of rotatable bonds is 9. The maximum Gasteiger partial charge on any atom is 0.335 e. The minimum Gasteiger partial charge on any atom is -0.493 e. The molecule has 0 atom stereocenters. The molecule has 0 radical (unpaired) electrons. The Morgan fingerprint density at radius 3 is 2.10 bits per heavy atom. The van der Waals surface area contributed by atoms with Crippen molar-refractivity contribution in [2.75, 3.05) is 24.7 Å². The van der Waals surface area contributed by atoms with Crippen molar-refractivity contribution in [2.45, 2.75) is 19.8 Å². The molecule has 3 aromatic rings. The number of carboxylic acid groups (broad SMARTS) is 1. The summed E-state index contributed by atoms with van der Waals surface area (Å²) in [7, 11) is 0. The molecule has 1 aromatic heterocycles. The lowest BCUT2D eigenvalue weighted by Gasteiger charge is -2.12. The topological polar surface area (TPSA) is 134 Å². The van der Waals surface area contributed by atoms with Crippen molar-refractivity contribution in [3.63, 3.8) is 0 Å². The Hall–Kier alpha value is -3.52. The SMILES string of the molecule is CCc1nc(N)nc(N)c1OCCCOc1ccc(-c2ccc(C(=O)O)cc2)cc1.Cl. The van der Waals surface area contributed by atoms with Crippen LogP contribution in [-0.4, -0.2) is 34.3 Å². The number of nitrogen functional groups attached to an aromatic ring is 2. The van der Waals surface area contributed by atoms with Crippen molar-refractivity contribution < 1.29 is 19.4 Å². The molecule has 31 heavy (non-hydrogen) atoms. The molecule has 3 rings (SSSR count). The van der Waals surface area contributed by atoms with Crippen LogP contribution >= 0.6 is 12.4 Å². The van der Waals surface area contributed by atoms with E-state index in [4.69, 9.17) is 26.0 Å². The normalized spacial score (nSPS) is 10.2. The fraction of sp³-hybridized carbons (Fsp3) is 0.227. The zero-order chi connectivity index (χ0) is 21.5. The number of aromatic carboxylic acids is 1. The molecule has 0 spiro atoms. The highest BCUT2D eigenvalue weighted by molar-refractivity contribution is 5.88. The van der Waals surface area contributed by atoms with Crippen molar-refractivity contribution in [3.8, 4) is 22.6 Å². The van der Waals surface area contributed by atoms with E-state index in [1.54, 1.807) is 24.3 Å². The maximum atomic E-state index is 10.9. The summed E-state index contributed by atoms with van der Waals surface area (Å²) in [6, 6.07) is 14.4. The van der Waals surface area contributed by atoms with Crippen molar-refractivity contribution in [3.05, 3.63) is 59.8 Å². The van der Waals surface area contributed by atoms with Crippen LogP contribution in [0.1, 0.15) is 29.4 Å². The molecule has 9 heteroatoms. The molecular formula is C22H25ClN4O4. The summed E-state index contributed by atoms with van der Waals surface area (Å²) in [6.45, 7) is 2.84. The highest BCUT2D eigenvalue weighted by atomic mass is 35.5. The third kappa shape index (κ3) is 6.23. The Bertz CT molecular complexity index is 1010. The van der Waals surface area contributed by atoms with E-state index in [0.29, 0.717) is 37.5 Å². The van der Waals surface area contributed by atoms with Crippen LogP contribution in [0.15, 0.2) is 48.5 Å². The Morgan fingerprint density at radius 2 is 1.52 bits per heavy atom. The Labute approximate surface area is 186 Å². The van der Waals surface area contributed by atoms with Crippen LogP contribution < -0.4 is 20.9 Å². The molecule has 0 amide bonds. The van der Waals surface area contributed by atoms with Crippen molar-refractivity contribution in [2.24, 2.45) is 0 Å².